The molecule has 1 atom stereocenters. The average molecular weight is 483 g/mol. The van der Waals surface area contributed by atoms with Gasteiger partial charge in [0.25, 0.3) is 5.56 Å². The molecule has 0 fully saturated rings. The molecular formula is C25H30N4O2S2. The van der Waals surface area contributed by atoms with Crippen LogP contribution >= 0.6 is 23.1 Å². The third kappa shape index (κ3) is 4.24. The second-order valence-electron chi connectivity index (χ2n) is 9.51. The van der Waals surface area contributed by atoms with Gasteiger partial charge >= 0.3 is 0 Å². The van der Waals surface area contributed by atoms with E-state index in [0.717, 1.165) is 50.0 Å². The minimum atomic E-state index is 0.0226. The van der Waals surface area contributed by atoms with E-state index in [0.29, 0.717) is 30.8 Å². The van der Waals surface area contributed by atoms with Crippen LogP contribution in [0.25, 0.3) is 16.0 Å². The summed E-state index contributed by atoms with van der Waals surface area (Å²) >= 11 is 3.38. The summed E-state index contributed by atoms with van der Waals surface area (Å²) in [5, 5.41) is 10.7. The molecule has 33 heavy (non-hydrogen) atoms. The van der Waals surface area contributed by atoms with Gasteiger partial charge in [0.05, 0.1) is 24.6 Å². The highest BCUT2D eigenvalue weighted by molar-refractivity contribution is 7.99. The molecule has 3 aromatic heterocycles. The Morgan fingerprint density at radius 3 is 2.70 bits per heavy atom. The maximum atomic E-state index is 13.9. The molecule has 0 spiro atoms. The quantitative estimate of drug-likeness (QED) is 0.331. The highest BCUT2D eigenvalue weighted by Crippen LogP contribution is 2.37. The first-order valence-electron chi connectivity index (χ1n) is 11.6. The van der Waals surface area contributed by atoms with Crippen LogP contribution in [-0.4, -0.2) is 31.0 Å². The number of hydrogen-bond acceptors (Lipinski definition) is 6. The molecule has 5 rings (SSSR count). The van der Waals surface area contributed by atoms with Crippen LogP contribution in [0.3, 0.4) is 0 Å². The van der Waals surface area contributed by atoms with E-state index in [1.54, 1.807) is 27.7 Å². The number of fused-ring (bicyclic) bond motifs is 5. The van der Waals surface area contributed by atoms with Crippen LogP contribution in [0, 0.1) is 11.8 Å². The van der Waals surface area contributed by atoms with Gasteiger partial charge in [-0.05, 0) is 29.4 Å². The van der Waals surface area contributed by atoms with Crippen molar-refractivity contribution < 1.29 is 4.74 Å². The molecule has 4 aromatic rings. The number of thiophene rings is 1. The van der Waals surface area contributed by atoms with E-state index < -0.39 is 0 Å². The molecule has 1 aromatic carbocycles. The van der Waals surface area contributed by atoms with Gasteiger partial charge in [0.1, 0.15) is 4.83 Å². The van der Waals surface area contributed by atoms with E-state index in [-0.39, 0.29) is 11.7 Å². The van der Waals surface area contributed by atoms with E-state index in [9.17, 15) is 4.79 Å². The van der Waals surface area contributed by atoms with Crippen molar-refractivity contribution in [2.24, 2.45) is 11.8 Å². The Labute approximate surface area is 202 Å². The number of rotatable bonds is 7. The number of nitrogens with zero attached hydrogens (tertiary/aromatic N) is 4. The van der Waals surface area contributed by atoms with E-state index in [2.05, 4.69) is 42.3 Å². The molecular weight excluding hydrogens is 452 g/mol. The number of benzene rings is 1. The summed E-state index contributed by atoms with van der Waals surface area (Å²) in [6.07, 6.45) is 2.02. The molecule has 0 bridgehead atoms. The van der Waals surface area contributed by atoms with E-state index in [4.69, 9.17) is 4.74 Å². The first kappa shape index (κ1) is 22.6. The molecule has 0 saturated carbocycles. The lowest BCUT2D eigenvalue weighted by Gasteiger charge is -2.26. The fourth-order valence-electron chi connectivity index (χ4n) is 4.31. The predicted molar refractivity (Wildman–Crippen MR) is 135 cm³/mol. The van der Waals surface area contributed by atoms with Crippen molar-refractivity contribution in [3.05, 3.63) is 56.7 Å². The van der Waals surface area contributed by atoms with Crippen molar-refractivity contribution in [1.29, 1.82) is 0 Å². The highest BCUT2D eigenvalue weighted by Gasteiger charge is 2.29. The molecule has 0 N–H and O–H groups in total. The Morgan fingerprint density at radius 2 is 1.97 bits per heavy atom. The molecule has 1 unspecified atom stereocenters. The smallest absolute Gasteiger partial charge is 0.264 e. The summed E-state index contributed by atoms with van der Waals surface area (Å²) in [6.45, 7) is 9.86. The standard InChI is InChI=1S/C25H30N4O2S2/c1-15(2)10-11-32-25-27-26-24-28(13-17-8-6-5-7-9-17)22(30)21-18-12-19(16(3)4)31-14-20(18)33-23(21)29(24)25/h5-9,15-16,19H,10-14H2,1-4H3. The highest BCUT2D eigenvalue weighted by atomic mass is 32.2. The minimum Gasteiger partial charge on any atom is -0.372 e. The molecule has 4 heterocycles. The molecule has 174 valence electrons. The van der Waals surface area contributed by atoms with E-state index >= 15 is 0 Å². The number of ether oxygens (including phenoxy) is 1. The second kappa shape index (κ2) is 9.24. The Bertz CT molecular complexity index is 1340. The van der Waals surface area contributed by atoms with Gasteiger partial charge in [0, 0.05) is 17.1 Å². The van der Waals surface area contributed by atoms with Gasteiger partial charge < -0.3 is 4.74 Å². The molecule has 0 radical (unpaired) electrons. The zero-order valence-electron chi connectivity index (χ0n) is 19.6. The van der Waals surface area contributed by atoms with Gasteiger partial charge in [-0.1, -0.05) is 69.8 Å². The Morgan fingerprint density at radius 1 is 1.18 bits per heavy atom. The summed E-state index contributed by atoms with van der Waals surface area (Å²) in [5.41, 5.74) is 2.25. The van der Waals surface area contributed by atoms with Gasteiger partial charge in [0.15, 0.2) is 5.16 Å². The summed E-state index contributed by atoms with van der Waals surface area (Å²) in [6, 6.07) is 10.1. The Hall–Kier alpha value is -2.16. The maximum Gasteiger partial charge on any atom is 0.264 e. The third-order valence-corrected chi connectivity index (χ3v) is 8.43. The van der Waals surface area contributed by atoms with Crippen LogP contribution in [0.4, 0.5) is 0 Å². The fraction of sp³-hybridized carbons (Fsp3) is 0.480. The largest absolute Gasteiger partial charge is 0.372 e. The summed E-state index contributed by atoms with van der Waals surface area (Å²) in [4.78, 5) is 16.0. The van der Waals surface area contributed by atoms with Crippen molar-refractivity contribution in [3.8, 4) is 0 Å². The maximum absolute atomic E-state index is 13.9. The normalized spacial score (nSPS) is 16.4. The average Bonchev–Trinajstić information content (AvgIpc) is 3.38. The van der Waals surface area contributed by atoms with Crippen LogP contribution in [0.1, 0.15) is 50.1 Å². The van der Waals surface area contributed by atoms with Gasteiger partial charge in [-0.25, -0.2) is 4.40 Å². The molecule has 0 saturated heterocycles. The van der Waals surface area contributed by atoms with Crippen molar-refractivity contribution in [2.75, 3.05) is 5.75 Å². The van der Waals surface area contributed by atoms with Crippen molar-refractivity contribution in [3.63, 3.8) is 0 Å². The van der Waals surface area contributed by atoms with Crippen LogP contribution in [0.2, 0.25) is 0 Å². The van der Waals surface area contributed by atoms with Crippen LogP contribution < -0.4 is 5.56 Å². The monoisotopic (exact) mass is 482 g/mol. The zero-order valence-corrected chi connectivity index (χ0v) is 21.2. The molecule has 1 aliphatic heterocycles. The van der Waals surface area contributed by atoms with Gasteiger partial charge in [-0.15, -0.1) is 21.5 Å². The van der Waals surface area contributed by atoms with Gasteiger partial charge in [0.2, 0.25) is 5.78 Å². The van der Waals surface area contributed by atoms with E-state index in [1.165, 1.54) is 0 Å². The Kier molecular flexibility index (Phi) is 6.33. The first-order valence-corrected chi connectivity index (χ1v) is 13.4. The fourth-order valence-corrected chi connectivity index (χ4v) is 6.78. The number of aromatic nitrogens is 4. The van der Waals surface area contributed by atoms with E-state index in [1.807, 2.05) is 30.3 Å². The molecule has 8 heteroatoms. The molecule has 6 nitrogen and oxygen atoms in total. The van der Waals surface area contributed by atoms with Crippen molar-refractivity contribution in [1.82, 2.24) is 19.2 Å². The lowest BCUT2D eigenvalue weighted by atomic mass is 9.96. The van der Waals surface area contributed by atoms with Crippen LogP contribution in [-0.2, 0) is 24.3 Å². The minimum absolute atomic E-state index is 0.0226. The lowest BCUT2D eigenvalue weighted by Crippen LogP contribution is -2.28. The molecule has 0 amide bonds. The van der Waals surface area contributed by atoms with Gasteiger partial charge in [-0.3, -0.25) is 9.36 Å². The summed E-state index contributed by atoms with van der Waals surface area (Å²) < 4.78 is 10.0. The Balaban J connectivity index is 1.71. The summed E-state index contributed by atoms with van der Waals surface area (Å²) in [5.74, 6) is 2.62. The molecule has 1 aliphatic rings. The summed E-state index contributed by atoms with van der Waals surface area (Å²) in [7, 11) is 0. The van der Waals surface area contributed by atoms with Gasteiger partial charge in [-0.2, -0.15) is 0 Å². The van der Waals surface area contributed by atoms with Crippen LogP contribution in [0.15, 0.2) is 40.3 Å². The SMILES string of the molecule is CC(C)CCSc1nnc2n(Cc3ccccc3)c(=O)c3c4c(sc3n12)COC(C(C)C)C4. The van der Waals surface area contributed by atoms with Crippen molar-refractivity contribution >= 4 is 39.1 Å². The molecule has 0 aliphatic carbocycles. The van der Waals surface area contributed by atoms with Crippen LogP contribution in [0.5, 0.6) is 0 Å². The zero-order chi connectivity index (χ0) is 23.1. The first-order chi connectivity index (χ1) is 15.9. The topological polar surface area (TPSA) is 61.4 Å². The lowest BCUT2D eigenvalue weighted by molar-refractivity contribution is 0.00200. The number of hydrogen-bond donors (Lipinski definition) is 0. The third-order valence-electron chi connectivity index (χ3n) is 6.28. The van der Waals surface area contributed by atoms with Crippen molar-refractivity contribution in [2.45, 2.75) is 64.9 Å². The second-order valence-corrected chi connectivity index (χ2v) is 11.7. The predicted octanol–water partition coefficient (Wildman–Crippen LogP) is 5.39. The number of thioether (sulfide) groups is 1.